The SMILES string of the molecule is C=CCn1nccc1C(=O)CCN. The highest BCUT2D eigenvalue weighted by Crippen LogP contribution is 2.02. The molecular weight excluding hydrogens is 166 g/mol. The highest BCUT2D eigenvalue weighted by atomic mass is 16.1. The van der Waals surface area contributed by atoms with Gasteiger partial charge in [0, 0.05) is 12.6 Å². The van der Waals surface area contributed by atoms with Crippen LogP contribution in [0.2, 0.25) is 0 Å². The molecule has 0 spiro atoms. The molecule has 0 amide bonds. The van der Waals surface area contributed by atoms with Gasteiger partial charge in [-0.25, -0.2) is 0 Å². The molecule has 0 radical (unpaired) electrons. The molecule has 0 bridgehead atoms. The third-order valence-corrected chi connectivity index (χ3v) is 1.68. The topological polar surface area (TPSA) is 60.9 Å². The number of carbonyl (C=O) groups excluding carboxylic acids is 1. The summed E-state index contributed by atoms with van der Waals surface area (Å²) in [6.45, 7) is 4.51. The summed E-state index contributed by atoms with van der Waals surface area (Å²) >= 11 is 0. The summed E-state index contributed by atoms with van der Waals surface area (Å²) < 4.78 is 1.62. The average molecular weight is 179 g/mol. The van der Waals surface area contributed by atoms with E-state index in [-0.39, 0.29) is 5.78 Å². The fourth-order valence-electron chi connectivity index (χ4n) is 1.10. The first-order valence-corrected chi connectivity index (χ1v) is 4.15. The molecule has 0 saturated heterocycles. The minimum atomic E-state index is 0.0295. The lowest BCUT2D eigenvalue weighted by molar-refractivity contribution is 0.0975. The third kappa shape index (κ3) is 2.26. The van der Waals surface area contributed by atoms with Crippen molar-refractivity contribution in [2.24, 2.45) is 5.73 Å². The van der Waals surface area contributed by atoms with Crippen molar-refractivity contribution in [2.75, 3.05) is 6.54 Å². The normalized spacial score (nSPS) is 9.92. The molecule has 1 aromatic heterocycles. The second-order valence-corrected chi connectivity index (χ2v) is 2.65. The summed E-state index contributed by atoms with van der Waals surface area (Å²) in [6.07, 6.45) is 3.67. The van der Waals surface area contributed by atoms with Crippen molar-refractivity contribution in [3.63, 3.8) is 0 Å². The van der Waals surface area contributed by atoms with E-state index < -0.39 is 0 Å². The van der Waals surface area contributed by atoms with Crippen LogP contribution in [0.25, 0.3) is 0 Å². The molecule has 13 heavy (non-hydrogen) atoms. The zero-order chi connectivity index (χ0) is 9.68. The standard InChI is InChI=1S/C9H13N3O/c1-2-7-12-8(4-6-11-12)9(13)3-5-10/h2,4,6H,1,3,5,7,10H2. The molecule has 0 aromatic carbocycles. The molecule has 1 aromatic rings. The first-order chi connectivity index (χ1) is 6.29. The maximum atomic E-state index is 11.4. The fourth-order valence-corrected chi connectivity index (χ4v) is 1.10. The Kier molecular flexibility index (Phi) is 3.40. The Bertz CT molecular complexity index is 304. The van der Waals surface area contributed by atoms with Crippen LogP contribution in [0.5, 0.6) is 0 Å². The molecule has 0 aliphatic carbocycles. The van der Waals surface area contributed by atoms with E-state index in [9.17, 15) is 4.79 Å². The minimum Gasteiger partial charge on any atom is -0.330 e. The van der Waals surface area contributed by atoms with Gasteiger partial charge in [-0.15, -0.1) is 6.58 Å². The van der Waals surface area contributed by atoms with Crippen molar-refractivity contribution in [3.8, 4) is 0 Å². The van der Waals surface area contributed by atoms with Crippen molar-refractivity contribution < 1.29 is 4.79 Å². The zero-order valence-electron chi connectivity index (χ0n) is 7.44. The van der Waals surface area contributed by atoms with Crippen LogP contribution in [0.4, 0.5) is 0 Å². The predicted molar refractivity (Wildman–Crippen MR) is 50.4 cm³/mol. The summed E-state index contributed by atoms with van der Waals surface area (Å²) in [5.74, 6) is 0.0295. The van der Waals surface area contributed by atoms with Gasteiger partial charge in [-0.2, -0.15) is 5.10 Å². The molecule has 4 heteroatoms. The number of ketones is 1. The summed E-state index contributed by atoms with van der Waals surface area (Å²) in [6, 6.07) is 1.70. The van der Waals surface area contributed by atoms with E-state index in [2.05, 4.69) is 11.7 Å². The van der Waals surface area contributed by atoms with Crippen molar-refractivity contribution in [1.82, 2.24) is 9.78 Å². The molecule has 1 heterocycles. The van der Waals surface area contributed by atoms with Crippen LogP contribution in [0.15, 0.2) is 24.9 Å². The second kappa shape index (κ2) is 4.57. The Morgan fingerprint density at radius 2 is 2.54 bits per heavy atom. The number of hydrogen-bond acceptors (Lipinski definition) is 3. The Morgan fingerprint density at radius 1 is 1.77 bits per heavy atom. The fraction of sp³-hybridized carbons (Fsp3) is 0.333. The number of hydrogen-bond donors (Lipinski definition) is 1. The van der Waals surface area contributed by atoms with Gasteiger partial charge >= 0.3 is 0 Å². The number of nitrogens with two attached hydrogens (primary N) is 1. The molecule has 0 saturated carbocycles. The zero-order valence-corrected chi connectivity index (χ0v) is 7.44. The van der Waals surface area contributed by atoms with Gasteiger partial charge in [-0.3, -0.25) is 9.48 Å². The maximum Gasteiger partial charge on any atom is 0.182 e. The largest absolute Gasteiger partial charge is 0.330 e. The van der Waals surface area contributed by atoms with Crippen LogP contribution in [0.3, 0.4) is 0 Å². The van der Waals surface area contributed by atoms with Crippen LogP contribution < -0.4 is 5.73 Å². The van der Waals surface area contributed by atoms with Gasteiger partial charge < -0.3 is 5.73 Å². The van der Waals surface area contributed by atoms with Gasteiger partial charge in [-0.05, 0) is 12.6 Å². The monoisotopic (exact) mass is 179 g/mol. The summed E-state index contributed by atoms with van der Waals surface area (Å²) in [5.41, 5.74) is 5.89. The van der Waals surface area contributed by atoms with Crippen LogP contribution in [0, 0.1) is 0 Å². The first-order valence-electron chi connectivity index (χ1n) is 4.15. The van der Waals surface area contributed by atoms with Crippen molar-refractivity contribution in [2.45, 2.75) is 13.0 Å². The highest BCUT2D eigenvalue weighted by molar-refractivity contribution is 5.94. The lowest BCUT2D eigenvalue weighted by atomic mass is 10.2. The third-order valence-electron chi connectivity index (χ3n) is 1.68. The Balaban J connectivity index is 2.80. The summed E-state index contributed by atoms with van der Waals surface area (Å²) in [7, 11) is 0. The van der Waals surface area contributed by atoms with Gasteiger partial charge in [0.1, 0.15) is 5.69 Å². The van der Waals surface area contributed by atoms with E-state index in [1.165, 1.54) is 0 Å². The van der Waals surface area contributed by atoms with E-state index >= 15 is 0 Å². The van der Waals surface area contributed by atoms with Crippen molar-refractivity contribution in [1.29, 1.82) is 0 Å². The number of rotatable bonds is 5. The van der Waals surface area contributed by atoms with Gasteiger partial charge in [0.2, 0.25) is 0 Å². The molecule has 0 atom stereocenters. The van der Waals surface area contributed by atoms with Crippen LogP contribution in [0.1, 0.15) is 16.9 Å². The van der Waals surface area contributed by atoms with Gasteiger partial charge in [0.15, 0.2) is 5.78 Å². The van der Waals surface area contributed by atoms with Crippen molar-refractivity contribution in [3.05, 3.63) is 30.6 Å². The first kappa shape index (κ1) is 9.67. The second-order valence-electron chi connectivity index (χ2n) is 2.65. The van der Waals surface area contributed by atoms with Crippen LogP contribution >= 0.6 is 0 Å². The molecule has 0 unspecified atom stereocenters. The predicted octanol–water partition coefficient (Wildman–Crippen LogP) is 0.601. The van der Waals surface area contributed by atoms with E-state index in [0.717, 1.165) is 0 Å². The Morgan fingerprint density at radius 3 is 3.15 bits per heavy atom. The summed E-state index contributed by atoms with van der Waals surface area (Å²) in [5, 5.41) is 3.99. The van der Waals surface area contributed by atoms with Gasteiger partial charge in [0.05, 0.1) is 6.54 Å². The number of nitrogens with zero attached hydrogens (tertiary/aromatic N) is 2. The van der Waals surface area contributed by atoms with Crippen LogP contribution in [-0.4, -0.2) is 22.1 Å². The highest BCUT2D eigenvalue weighted by Gasteiger charge is 2.09. The number of Topliss-reactive ketones (excluding diaryl/α,β-unsaturated/α-hetero) is 1. The molecule has 4 nitrogen and oxygen atoms in total. The molecule has 2 N–H and O–H groups in total. The van der Waals surface area contributed by atoms with Gasteiger partial charge in [0.25, 0.3) is 0 Å². The quantitative estimate of drug-likeness (QED) is 0.532. The van der Waals surface area contributed by atoms with E-state index in [4.69, 9.17) is 5.73 Å². The van der Waals surface area contributed by atoms with Crippen LogP contribution in [-0.2, 0) is 6.54 Å². The molecule has 1 rings (SSSR count). The molecule has 0 aliphatic heterocycles. The molecule has 0 aliphatic rings. The lowest BCUT2D eigenvalue weighted by Gasteiger charge is -2.02. The van der Waals surface area contributed by atoms with Gasteiger partial charge in [-0.1, -0.05) is 6.08 Å². The minimum absolute atomic E-state index is 0.0295. The van der Waals surface area contributed by atoms with Crippen molar-refractivity contribution >= 4 is 5.78 Å². The Hall–Kier alpha value is -1.42. The number of allylic oxidation sites excluding steroid dienone is 1. The molecular formula is C9H13N3O. The smallest absolute Gasteiger partial charge is 0.182 e. The number of aromatic nitrogens is 2. The number of carbonyl (C=O) groups is 1. The lowest BCUT2D eigenvalue weighted by Crippen LogP contribution is -2.13. The molecule has 0 fully saturated rings. The maximum absolute atomic E-state index is 11.4. The Labute approximate surface area is 77.0 Å². The van der Waals surface area contributed by atoms with E-state index in [1.807, 2.05) is 0 Å². The van der Waals surface area contributed by atoms with E-state index in [1.54, 1.807) is 23.0 Å². The van der Waals surface area contributed by atoms with E-state index in [0.29, 0.717) is 25.2 Å². The average Bonchev–Trinajstić information content (AvgIpc) is 2.54. The molecule has 70 valence electrons. The summed E-state index contributed by atoms with van der Waals surface area (Å²) in [4.78, 5) is 11.4.